The second kappa shape index (κ2) is 6.49. The molecule has 0 spiro atoms. The second-order valence-corrected chi connectivity index (χ2v) is 6.19. The summed E-state index contributed by atoms with van der Waals surface area (Å²) in [5.74, 6) is 0.759. The van der Waals surface area contributed by atoms with Gasteiger partial charge < -0.3 is 5.32 Å². The summed E-state index contributed by atoms with van der Waals surface area (Å²) in [6.45, 7) is 0.808. The van der Waals surface area contributed by atoms with Gasteiger partial charge in [0, 0.05) is 66.8 Å². The molecule has 3 aromatic rings. The van der Waals surface area contributed by atoms with Gasteiger partial charge in [0.05, 0.1) is 6.20 Å². The summed E-state index contributed by atoms with van der Waals surface area (Å²) in [6.07, 6.45) is 12.8. The van der Waals surface area contributed by atoms with Gasteiger partial charge in [0.1, 0.15) is 0 Å². The molecular formula is C18H20N6. The standard InChI is InChI=1S/C18H20N6/c1-24-12-13(9-22-24)8-20-16-5-2-6-17-15(16)11-21-18(23-17)14-4-3-7-19-10-14/h3-4,7,9-12,16,20H,2,5-6,8H2,1H3. The fourth-order valence-electron chi connectivity index (χ4n) is 3.20. The van der Waals surface area contributed by atoms with E-state index in [-0.39, 0.29) is 0 Å². The summed E-state index contributed by atoms with van der Waals surface area (Å²) >= 11 is 0. The van der Waals surface area contributed by atoms with E-state index in [0.717, 1.165) is 42.9 Å². The van der Waals surface area contributed by atoms with Crippen molar-refractivity contribution < 1.29 is 0 Å². The number of pyridine rings is 1. The first-order valence-electron chi connectivity index (χ1n) is 8.27. The van der Waals surface area contributed by atoms with E-state index in [0.29, 0.717) is 6.04 Å². The van der Waals surface area contributed by atoms with Crippen LogP contribution in [0.2, 0.25) is 0 Å². The Hall–Kier alpha value is -2.60. The van der Waals surface area contributed by atoms with Crippen LogP contribution in [0.15, 0.2) is 43.1 Å². The molecule has 1 atom stereocenters. The summed E-state index contributed by atoms with van der Waals surface area (Å²) in [4.78, 5) is 13.5. The molecule has 1 aliphatic rings. The van der Waals surface area contributed by atoms with Gasteiger partial charge in [-0.1, -0.05) is 0 Å². The summed E-state index contributed by atoms with van der Waals surface area (Å²) in [7, 11) is 1.94. The number of nitrogens with one attached hydrogen (secondary N) is 1. The number of aromatic nitrogens is 5. The minimum atomic E-state index is 0.303. The molecule has 0 aromatic carbocycles. The highest BCUT2D eigenvalue weighted by Crippen LogP contribution is 2.29. The minimum Gasteiger partial charge on any atom is -0.306 e. The first kappa shape index (κ1) is 15.0. The molecule has 0 saturated carbocycles. The fraction of sp³-hybridized carbons (Fsp3) is 0.333. The quantitative estimate of drug-likeness (QED) is 0.799. The molecule has 0 fully saturated rings. The second-order valence-electron chi connectivity index (χ2n) is 6.19. The van der Waals surface area contributed by atoms with Crippen LogP contribution >= 0.6 is 0 Å². The molecule has 3 heterocycles. The van der Waals surface area contributed by atoms with E-state index in [4.69, 9.17) is 4.98 Å². The molecule has 6 nitrogen and oxygen atoms in total. The number of hydrogen-bond acceptors (Lipinski definition) is 5. The average molecular weight is 320 g/mol. The van der Waals surface area contributed by atoms with Crippen LogP contribution in [-0.4, -0.2) is 24.7 Å². The van der Waals surface area contributed by atoms with E-state index >= 15 is 0 Å². The topological polar surface area (TPSA) is 68.5 Å². The largest absolute Gasteiger partial charge is 0.306 e. The van der Waals surface area contributed by atoms with Crippen molar-refractivity contribution in [2.75, 3.05) is 0 Å². The van der Waals surface area contributed by atoms with E-state index in [1.165, 1.54) is 11.1 Å². The van der Waals surface area contributed by atoms with Crippen molar-refractivity contribution in [3.8, 4) is 11.4 Å². The zero-order valence-corrected chi connectivity index (χ0v) is 13.7. The van der Waals surface area contributed by atoms with Crippen LogP contribution in [0.25, 0.3) is 11.4 Å². The Bertz CT molecular complexity index is 827. The summed E-state index contributed by atoms with van der Waals surface area (Å²) in [6, 6.07) is 4.21. The normalized spacial score (nSPS) is 16.8. The highest BCUT2D eigenvalue weighted by molar-refractivity contribution is 5.53. The van der Waals surface area contributed by atoms with Crippen molar-refractivity contribution in [2.24, 2.45) is 7.05 Å². The van der Waals surface area contributed by atoms with E-state index in [9.17, 15) is 0 Å². The maximum atomic E-state index is 4.79. The Kier molecular flexibility index (Phi) is 4.04. The highest BCUT2D eigenvalue weighted by atomic mass is 15.2. The van der Waals surface area contributed by atoms with Crippen LogP contribution in [0.1, 0.15) is 35.7 Å². The molecule has 0 aliphatic heterocycles. The van der Waals surface area contributed by atoms with Crippen LogP contribution < -0.4 is 5.32 Å². The van der Waals surface area contributed by atoms with Crippen molar-refractivity contribution in [1.82, 2.24) is 30.0 Å². The third-order valence-corrected chi connectivity index (χ3v) is 4.41. The lowest BCUT2D eigenvalue weighted by Gasteiger charge is -2.25. The molecule has 3 aromatic heterocycles. The third-order valence-electron chi connectivity index (χ3n) is 4.41. The molecular weight excluding hydrogens is 300 g/mol. The number of aryl methyl sites for hydroxylation is 2. The summed E-state index contributed by atoms with van der Waals surface area (Å²) < 4.78 is 1.83. The third kappa shape index (κ3) is 3.05. The molecule has 4 rings (SSSR count). The van der Waals surface area contributed by atoms with Crippen molar-refractivity contribution in [2.45, 2.75) is 31.8 Å². The molecule has 0 radical (unpaired) electrons. The van der Waals surface area contributed by atoms with E-state index in [2.05, 4.69) is 20.4 Å². The lowest BCUT2D eigenvalue weighted by atomic mass is 9.92. The van der Waals surface area contributed by atoms with Crippen molar-refractivity contribution in [3.05, 3.63) is 59.9 Å². The summed E-state index contributed by atoms with van der Waals surface area (Å²) in [5.41, 5.74) is 4.53. The SMILES string of the molecule is Cn1cc(CNC2CCCc3nc(-c4cccnc4)ncc32)cn1. The minimum absolute atomic E-state index is 0.303. The van der Waals surface area contributed by atoms with Gasteiger partial charge in [-0.15, -0.1) is 0 Å². The Morgan fingerprint density at radius 3 is 3.04 bits per heavy atom. The molecule has 0 saturated heterocycles. The number of rotatable bonds is 4. The van der Waals surface area contributed by atoms with E-state index in [1.807, 2.05) is 48.6 Å². The Balaban J connectivity index is 1.54. The number of nitrogens with zero attached hydrogens (tertiary/aromatic N) is 5. The summed E-state index contributed by atoms with van der Waals surface area (Å²) in [5, 5.41) is 7.84. The average Bonchev–Trinajstić information content (AvgIpc) is 3.05. The maximum absolute atomic E-state index is 4.79. The number of hydrogen-bond donors (Lipinski definition) is 1. The lowest BCUT2D eigenvalue weighted by molar-refractivity contribution is 0.452. The fourth-order valence-corrected chi connectivity index (χ4v) is 3.20. The van der Waals surface area contributed by atoms with Crippen LogP contribution in [0, 0.1) is 0 Å². The van der Waals surface area contributed by atoms with E-state index < -0.39 is 0 Å². The molecule has 1 aliphatic carbocycles. The van der Waals surface area contributed by atoms with Gasteiger partial charge in [0.25, 0.3) is 0 Å². The molecule has 1 N–H and O–H groups in total. The van der Waals surface area contributed by atoms with Crippen LogP contribution in [0.5, 0.6) is 0 Å². The Morgan fingerprint density at radius 1 is 1.29 bits per heavy atom. The molecule has 0 bridgehead atoms. The molecule has 0 amide bonds. The van der Waals surface area contributed by atoms with Gasteiger partial charge in [-0.3, -0.25) is 9.67 Å². The molecule has 1 unspecified atom stereocenters. The van der Waals surface area contributed by atoms with Gasteiger partial charge >= 0.3 is 0 Å². The molecule has 122 valence electrons. The first-order chi connectivity index (χ1) is 11.8. The number of fused-ring (bicyclic) bond motifs is 1. The van der Waals surface area contributed by atoms with Crippen molar-refractivity contribution >= 4 is 0 Å². The first-order valence-corrected chi connectivity index (χ1v) is 8.27. The van der Waals surface area contributed by atoms with E-state index in [1.54, 1.807) is 6.20 Å². The smallest absolute Gasteiger partial charge is 0.160 e. The van der Waals surface area contributed by atoms with Crippen LogP contribution in [-0.2, 0) is 20.0 Å². The lowest BCUT2D eigenvalue weighted by Crippen LogP contribution is -2.25. The van der Waals surface area contributed by atoms with Crippen molar-refractivity contribution in [1.29, 1.82) is 0 Å². The highest BCUT2D eigenvalue weighted by Gasteiger charge is 2.22. The van der Waals surface area contributed by atoms with Crippen molar-refractivity contribution in [3.63, 3.8) is 0 Å². The zero-order chi connectivity index (χ0) is 16.4. The van der Waals surface area contributed by atoms with Gasteiger partial charge in [0.15, 0.2) is 5.82 Å². The van der Waals surface area contributed by atoms with Crippen LogP contribution in [0.3, 0.4) is 0 Å². The van der Waals surface area contributed by atoms with Crippen LogP contribution in [0.4, 0.5) is 0 Å². The van der Waals surface area contributed by atoms with Gasteiger partial charge in [-0.25, -0.2) is 9.97 Å². The molecule has 24 heavy (non-hydrogen) atoms. The maximum Gasteiger partial charge on any atom is 0.160 e. The molecule has 6 heteroatoms. The predicted octanol–water partition coefficient (Wildman–Crippen LogP) is 2.44. The predicted molar refractivity (Wildman–Crippen MR) is 91.0 cm³/mol. The monoisotopic (exact) mass is 320 g/mol. The Labute approximate surface area is 141 Å². The zero-order valence-electron chi connectivity index (χ0n) is 13.7. The van der Waals surface area contributed by atoms with Gasteiger partial charge in [0.2, 0.25) is 0 Å². The van der Waals surface area contributed by atoms with Gasteiger partial charge in [-0.05, 0) is 31.4 Å². The Morgan fingerprint density at radius 2 is 2.25 bits per heavy atom. The van der Waals surface area contributed by atoms with Gasteiger partial charge in [-0.2, -0.15) is 5.10 Å².